The van der Waals surface area contributed by atoms with Crippen molar-refractivity contribution in [3.05, 3.63) is 87.3 Å². The zero-order valence-corrected chi connectivity index (χ0v) is 16.4. The number of nitrogens with zero attached hydrogens (tertiary/aromatic N) is 1. The van der Waals surface area contributed by atoms with E-state index in [2.05, 4.69) is 15.3 Å². The van der Waals surface area contributed by atoms with Gasteiger partial charge in [0.05, 0.1) is 11.4 Å². The predicted molar refractivity (Wildman–Crippen MR) is 110 cm³/mol. The molecule has 0 bridgehead atoms. The molecular formula is C20H18ClN3O3S. The number of para-hydroxylation sites is 1. The van der Waals surface area contributed by atoms with Gasteiger partial charge in [-0.1, -0.05) is 53.7 Å². The average molecular weight is 416 g/mol. The lowest BCUT2D eigenvalue weighted by atomic mass is 10.2. The Morgan fingerprint density at radius 3 is 2.64 bits per heavy atom. The maximum absolute atomic E-state index is 12.0. The Bertz CT molecular complexity index is 978. The maximum Gasteiger partial charge on any atom is 0.251 e. The molecule has 2 aromatic carbocycles. The second-order valence-corrected chi connectivity index (χ2v) is 7.24. The first-order chi connectivity index (χ1) is 13.6. The Labute approximate surface area is 171 Å². The number of rotatable bonds is 8. The highest BCUT2D eigenvalue weighted by molar-refractivity contribution is 7.99. The molecule has 28 heavy (non-hydrogen) atoms. The lowest BCUT2D eigenvalue weighted by Crippen LogP contribution is -2.24. The molecule has 0 aliphatic heterocycles. The van der Waals surface area contributed by atoms with Crippen LogP contribution in [0, 0.1) is 0 Å². The Kier molecular flexibility index (Phi) is 7.11. The molecule has 0 saturated heterocycles. The summed E-state index contributed by atoms with van der Waals surface area (Å²) in [5.41, 5.74) is 1.16. The molecule has 0 radical (unpaired) electrons. The molecule has 0 unspecified atom stereocenters. The quantitative estimate of drug-likeness (QED) is 0.435. The second-order valence-electron chi connectivity index (χ2n) is 5.84. The van der Waals surface area contributed by atoms with Crippen LogP contribution in [0.4, 0.5) is 0 Å². The van der Waals surface area contributed by atoms with Crippen LogP contribution in [0.15, 0.2) is 70.6 Å². The van der Waals surface area contributed by atoms with Crippen LogP contribution in [0.1, 0.15) is 11.3 Å². The minimum Gasteiger partial charge on any atom is -0.487 e. The lowest BCUT2D eigenvalue weighted by Gasteiger charge is -2.07. The highest BCUT2D eigenvalue weighted by atomic mass is 35.5. The van der Waals surface area contributed by atoms with E-state index in [0.717, 1.165) is 17.3 Å². The molecule has 8 heteroatoms. The van der Waals surface area contributed by atoms with Gasteiger partial charge in [-0.05, 0) is 29.8 Å². The number of nitrogens with one attached hydrogen (secondary N) is 2. The number of benzene rings is 2. The summed E-state index contributed by atoms with van der Waals surface area (Å²) < 4.78 is 5.61. The third kappa shape index (κ3) is 6.44. The Hall–Kier alpha value is -2.77. The first kappa shape index (κ1) is 20.0. The van der Waals surface area contributed by atoms with Crippen LogP contribution in [0.3, 0.4) is 0 Å². The van der Waals surface area contributed by atoms with E-state index in [1.54, 1.807) is 12.1 Å². The Morgan fingerprint density at radius 2 is 1.89 bits per heavy atom. The molecule has 0 fully saturated rings. The molecule has 144 valence electrons. The normalized spacial score (nSPS) is 10.5. The summed E-state index contributed by atoms with van der Waals surface area (Å²) in [4.78, 5) is 30.8. The zero-order valence-electron chi connectivity index (χ0n) is 14.9. The number of aromatic amines is 1. The fraction of sp³-hybridized carbons (Fsp3) is 0.150. The summed E-state index contributed by atoms with van der Waals surface area (Å²) in [6, 6.07) is 17.9. The first-order valence-electron chi connectivity index (χ1n) is 8.50. The van der Waals surface area contributed by atoms with E-state index in [1.807, 2.05) is 42.5 Å². The fourth-order valence-electron chi connectivity index (χ4n) is 2.29. The Balaban J connectivity index is 1.50. The molecule has 0 aliphatic carbocycles. The summed E-state index contributed by atoms with van der Waals surface area (Å²) in [5, 5.41) is 3.84. The van der Waals surface area contributed by atoms with Gasteiger partial charge in [0.2, 0.25) is 5.91 Å². The van der Waals surface area contributed by atoms with Gasteiger partial charge in [0.25, 0.3) is 5.56 Å². The molecule has 1 amide bonds. The lowest BCUT2D eigenvalue weighted by molar-refractivity contribution is -0.118. The predicted octanol–water partition coefficient (Wildman–Crippen LogP) is 3.41. The molecule has 2 N–H and O–H groups in total. The molecule has 0 saturated carbocycles. The molecule has 0 atom stereocenters. The topological polar surface area (TPSA) is 84.1 Å². The van der Waals surface area contributed by atoms with Gasteiger partial charge in [-0.25, -0.2) is 4.98 Å². The van der Waals surface area contributed by atoms with Crippen molar-refractivity contribution in [3.63, 3.8) is 0 Å². The van der Waals surface area contributed by atoms with Gasteiger partial charge in [0.15, 0.2) is 5.16 Å². The van der Waals surface area contributed by atoms with Gasteiger partial charge in [-0.2, -0.15) is 0 Å². The van der Waals surface area contributed by atoms with E-state index in [-0.39, 0.29) is 23.8 Å². The van der Waals surface area contributed by atoms with Crippen LogP contribution >= 0.6 is 23.4 Å². The molecule has 1 aromatic heterocycles. The van der Waals surface area contributed by atoms with Gasteiger partial charge < -0.3 is 15.0 Å². The van der Waals surface area contributed by atoms with Crippen LogP contribution in [-0.4, -0.2) is 21.6 Å². The first-order valence-corrected chi connectivity index (χ1v) is 9.87. The van der Waals surface area contributed by atoms with Crippen molar-refractivity contribution in [2.75, 3.05) is 5.75 Å². The number of halogens is 1. The number of amides is 1. The summed E-state index contributed by atoms with van der Waals surface area (Å²) in [6.07, 6.45) is 0. The third-order valence-corrected chi connectivity index (χ3v) is 4.77. The summed E-state index contributed by atoms with van der Waals surface area (Å²) in [7, 11) is 0. The summed E-state index contributed by atoms with van der Waals surface area (Å²) in [5.74, 6) is 0.674. The van der Waals surface area contributed by atoms with Gasteiger partial charge in [-0.3, -0.25) is 9.59 Å². The van der Waals surface area contributed by atoms with Crippen LogP contribution < -0.4 is 15.6 Å². The monoisotopic (exact) mass is 415 g/mol. The van der Waals surface area contributed by atoms with Crippen LogP contribution in [0.2, 0.25) is 5.02 Å². The molecule has 3 aromatic rings. The SMILES string of the molecule is O=C(CSc1nc(COc2ccccc2)cc(=O)[nH]1)NCc1ccc(Cl)cc1. The highest BCUT2D eigenvalue weighted by Crippen LogP contribution is 2.14. The van der Waals surface area contributed by atoms with Crippen molar-refractivity contribution in [1.29, 1.82) is 0 Å². The molecule has 6 nitrogen and oxygen atoms in total. The maximum atomic E-state index is 12.0. The van der Waals surface area contributed by atoms with Gasteiger partial charge >= 0.3 is 0 Å². The number of hydrogen-bond acceptors (Lipinski definition) is 5. The smallest absolute Gasteiger partial charge is 0.251 e. The van der Waals surface area contributed by atoms with E-state index in [4.69, 9.17) is 16.3 Å². The number of hydrogen-bond donors (Lipinski definition) is 2. The standard InChI is InChI=1S/C20H18ClN3O3S/c21-15-8-6-14(7-9-15)11-22-19(26)13-28-20-23-16(10-18(25)24-20)12-27-17-4-2-1-3-5-17/h1-10H,11-13H2,(H,22,26)(H,23,24,25). The number of ether oxygens (including phenoxy) is 1. The van der Waals surface area contributed by atoms with Crippen molar-refractivity contribution >= 4 is 29.3 Å². The van der Waals surface area contributed by atoms with Crippen molar-refractivity contribution in [2.24, 2.45) is 0 Å². The molecule has 1 heterocycles. The largest absolute Gasteiger partial charge is 0.487 e. The van der Waals surface area contributed by atoms with Crippen molar-refractivity contribution in [1.82, 2.24) is 15.3 Å². The fourth-order valence-corrected chi connectivity index (χ4v) is 3.14. The van der Waals surface area contributed by atoms with E-state index in [9.17, 15) is 9.59 Å². The number of H-pyrrole nitrogens is 1. The van der Waals surface area contributed by atoms with Crippen LogP contribution in [-0.2, 0) is 17.9 Å². The van der Waals surface area contributed by atoms with E-state index in [0.29, 0.717) is 28.2 Å². The third-order valence-electron chi connectivity index (χ3n) is 3.65. The number of carbonyl (C=O) groups excluding carboxylic acids is 1. The van der Waals surface area contributed by atoms with E-state index >= 15 is 0 Å². The van der Waals surface area contributed by atoms with E-state index in [1.165, 1.54) is 6.07 Å². The highest BCUT2D eigenvalue weighted by Gasteiger charge is 2.07. The zero-order chi connectivity index (χ0) is 19.8. The summed E-state index contributed by atoms with van der Waals surface area (Å²) in [6.45, 7) is 0.579. The van der Waals surface area contributed by atoms with Crippen LogP contribution in [0.5, 0.6) is 5.75 Å². The second kappa shape index (κ2) is 9.96. The minimum absolute atomic E-state index is 0.138. The molecule has 0 spiro atoms. The van der Waals surface area contributed by atoms with Gasteiger partial charge in [0, 0.05) is 17.6 Å². The summed E-state index contributed by atoms with van der Waals surface area (Å²) >= 11 is 7.00. The van der Waals surface area contributed by atoms with Crippen molar-refractivity contribution < 1.29 is 9.53 Å². The minimum atomic E-state index is -0.286. The van der Waals surface area contributed by atoms with Gasteiger partial charge in [0.1, 0.15) is 12.4 Å². The Morgan fingerprint density at radius 1 is 1.14 bits per heavy atom. The van der Waals surface area contributed by atoms with E-state index < -0.39 is 0 Å². The molecule has 0 aliphatic rings. The van der Waals surface area contributed by atoms with Crippen LogP contribution in [0.25, 0.3) is 0 Å². The number of aromatic nitrogens is 2. The van der Waals surface area contributed by atoms with Gasteiger partial charge in [-0.15, -0.1) is 0 Å². The average Bonchev–Trinajstić information content (AvgIpc) is 2.71. The number of carbonyl (C=O) groups is 1. The molecular weight excluding hydrogens is 398 g/mol. The van der Waals surface area contributed by atoms with Crippen molar-refractivity contribution in [2.45, 2.75) is 18.3 Å². The van der Waals surface area contributed by atoms with Crippen molar-refractivity contribution in [3.8, 4) is 5.75 Å². The number of thioether (sulfide) groups is 1. The molecule has 3 rings (SSSR count).